The first-order chi connectivity index (χ1) is 8.08. The van der Waals surface area contributed by atoms with Crippen LogP contribution in [0.4, 0.5) is 0 Å². The maximum absolute atomic E-state index is 11.5. The third-order valence-electron chi connectivity index (χ3n) is 2.48. The molecule has 0 radical (unpaired) electrons. The van der Waals surface area contributed by atoms with Gasteiger partial charge in [0, 0.05) is 10.9 Å². The van der Waals surface area contributed by atoms with Crippen molar-refractivity contribution in [3.05, 3.63) is 28.2 Å². The zero-order valence-electron chi connectivity index (χ0n) is 9.23. The van der Waals surface area contributed by atoms with Crippen molar-refractivity contribution in [2.24, 2.45) is 0 Å². The van der Waals surface area contributed by atoms with E-state index in [-0.39, 0.29) is 11.8 Å². The number of ketones is 1. The van der Waals surface area contributed by atoms with Gasteiger partial charge in [-0.3, -0.25) is 4.79 Å². The fourth-order valence-electron chi connectivity index (χ4n) is 1.62. The summed E-state index contributed by atoms with van der Waals surface area (Å²) in [7, 11) is 0. The van der Waals surface area contributed by atoms with Gasteiger partial charge in [-0.05, 0) is 25.1 Å². The first kappa shape index (κ1) is 12.1. The fraction of sp³-hybridized carbons (Fsp3) is 0.333. The number of hydrogen-bond donors (Lipinski definition) is 0. The minimum Gasteiger partial charge on any atom is -0.478 e. The molecule has 1 heterocycles. The SMILES string of the molecule is CC(=O)c1cc(Br)ccc1OC1CCOC1=O. The number of carbonyl (C=O) groups excluding carboxylic acids is 2. The van der Waals surface area contributed by atoms with E-state index in [1.807, 2.05) is 0 Å². The quantitative estimate of drug-likeness (QED) is 0.635. The van der Waals surface area contributed by atoms with E-state index in [9.17, 15) is 9.59 Å². The zero-order chi connectivity index (χ0) is 12.4. The first-order valence-electron chi connectivity index (χ1n) is 5.21. The third-order valence-corrected chi connectivity index (χ3v) is 2.97. The van der Waals surface area contributed by atoms with Crippen molar-refractivity contribution in [3.8, 4) is 5.75 Å². The molecule has 1 aromatic carbocycles. The number of halogens is 1. The van der Waals surface area contributed by atoms with Crippen molar-refractivity contribution in [2.45, 2.75) is 19.4 Å². The highest BCUT2D eigenvalue weighted by Gasteiger charge is 2.29. The standard InChI is InChI=1S/C12H11BrO4/c1-7(14)9-6-8(13)2-3-10(9)17-11-4-5-16-12(11)15/h2-3,6,11H,4-5H2,1H3. The highest BCUT2D eigenvalue weighted by Crippen LogP contribution is 2.26. The third kappa shape index (κ3) is 2.66. The van der Waals surface area contributed by atoms with E-state index in [0.717, 1.165) is 4.47 Å². The Bertz CT molecular complexity index is 470. The Kier molecular flexibility index (Phi) is 3.47. The van der Waals surface area contributed by atoms with Gasteiger partial charge in [0.1, 0.15) is 5.75 Å². The summed E-state index contributed by atoms with van der Waals surface area (Å²) in [6, 6.07) is 5.12. The monoisotopic (exact) mass is 298 g/mol. The average molecular weight is 299 g/mol. The number of Topliss-reactive ketones (excluding diaryl/α,β-unsaturated/α-hetero) is 1. The molecule has 0 N–H and O–H groups in total. The van der Waals surface area contributed by atoms with Crippen LogP contribution in [-0.4, -0.2) is 24.5 Å². The second-order valence-electron chi connectivity index (χ2n) is 3.76. The van der Waals surface area contributed by atoms with Gasteiger partial charge in [-0.1, -0.05) is 15.9 Å². The van der Waals surface area contributed by atoms with E-state index in [0.29, 0.717) is 24.3 Å². The van der Waals surface area contributed by atoms with Gasteiger partial charge >= 0.3 is 5.97 Å². The van der Waals surface area contributed by atoms with Gasteiger partial charge in [0.05, 0.1) is 12.2 Å². The van der Waals surface area contributed by atoms with Crippen molar-refractivity contribution in [1.82, 2.24) is 0 Å². The minimum absolute atomic E-state index is 0.104. The van der Waals surface area contributed by atoms with Crippen molar-refractivity contribution in [1.29, 1.82) is 0 Å². The van der Waals surface area contributed by atoms with E-state index in [1.54, 1.807) is 18.2 Å². The van der Waals surface area contributed by atoms with Gasteiger partial charge in [0.2, 0.25) is 0 Å². The maximum Gasteiger partial charge on any atom is 0.347 e. The molecule has 1 aliphatic heterocycles. The number of carbonyl (C=O) groups is 2. The lowest BCUT2D eigenvalue weighted by atomic mass is 10.1. The summed E-state index contributed by atoms with van der Waals surface area (Å²) < 4.78 is 11.1. The molecular weight excluding hydrogens is 288 g/mol. The van der Waals surface area contributed by atoms with E-state index in [2.05, 4.69) is 15.9 Å². The molecular formula is C12H11BrO4. The van der Waals surface area contributed by atoms with Crippen LogP contribution in [0.1, 0.15) is 23.7 Å². The summed E-state index contributed by atoms with van der Waals surface area (Å²) in [4.78, 5) is 22.7. The first-order valence-corrected chi connectivity index (χ1v) is 6.01. The molecule has 90 valence electrons. The molecule has 0 bridgehead atoms. The lowest BCUT2D eigenvalue weighted by molar-refractivity contribution is -0.143. The Hall–Kier alpha value is -1.36. The van der Waals surface area contributed by atoms with E-state index in [1.165, 1.54) is 6.92 Å². The van der Waals surface area contributed by atoms with Crippen molar-refractivity contribution >= 4 is 27.7 Å². The molecule has 1 aromatic rings. The molecule has 0 spiro atoms. The molecule has 17 heavy (non-hydrogen) atoms. The summed E-state index contributed by atoms with van der Waals surface area (Å²) in [5, 5.41) is 0. The Labute approximate surface area is 107 Å². The van der Waals surface area contributed by atoms with Gasteiger partial charge < -0.3 is 9.47 Å². The van der Waals surface area contributed by atoms with Crippen molar-refractivity contribution in [3.63, 3.8) is 0 Å². The Morgan fingerprint density at radius 2 is 2.29 bits per heavy atom. The fourth-order valence-corrected chi connectivity index (χ4v) is 1.98. The molecule has 5 heteroatoms. The summed E-state index contributed by atoms with van der Waals surface area (Å²) in [6.45, 7) is 1.83. The van der Waals surface area contributed by atoms with Gasteiger partial charge in [0.15, 0.2) is 11.9 Å². The zero-order valence-corrected chi connectivity index (χ0v) is 10.8. The molecule has 0 aliphatic carbocycles. The molecule has 1 unspecified atom stereocenters. The molecule has 0 aromatic heterocycles. The van der Waals surface area contributed by atoms with Gasteiger partial charge in [-0.15, -0.1) is 0 Å². The summed E-state index contributed by atoms with van der Waals surface area (Å²) in [5.74, 6) is -0.0559. The molecule has 1 fully saturated rings. The van der Waals surface area contributed by atoms with Crippen LogP contribution in [0.2, 0.25) is 0 Å². The Morgan fingerprint density at radius 3 is 2.88 bits per heavy atom. The van der Waals surface area contributed by atoms with Crippen LogP contribution in [-0.2, 0) is 9.53 Å². The van der Waals surface area contributed by atoms with Crippen LogP contribution in [0.5, 0.6) is 5.75 Å². The molecule has 4 nitrogen and oxygen atoms in total. The van der Waals surface area contributed by atoms with Crippen LogP contribution in [0.25, 0.3) is 0 Å². The molecule has 0 saturated carbocycles. The number of hydrogen-bond acceptors (Lipinski definition) is 4. The predicted octanol–water partition coefficient (Wildman–Crippen LogP) is 2.35. The second-order valence-corrected chi connectivity index (χ2v) is 4.68. The van der Waals surface area contributed by atoms with E-state index < -0.39 is 6.10 Å². The topological polar surface area (TPSA) is 52.6 Å². The van der Waals surface area contributed by atoms with Gasteiger partial charge in [0.25, 0.3) is 0 Å². The molecule has 0 amide bonds. The molecule has 1 aliphatic rings. The lowest BCUT2D eigenvalue weighted by Crippen LogP contribution is -2.22. The number of rotatable bonds is 3. The number of ether oxygens (including phenoxy) is 2. The number of esters is 1. The Balaban J connectivity index is 2.25. The maximum atomic E-state index is 11.5. The largest absolute Gasteiger partial charge is 0.478 e. The van der Waals surface area contributed by atoms with Crippen LogP contribution < -0.4 is 4.74 Å². The predicted molar refractivity (Wildman–Crippen MR) is 64.1 cm³/mol. The molecule has 1 saturated heterocycles. The second kappa shape index (κ2) is 4.87. The molecule has 1 atom stereocenters. The highest BCUT2D eigenvalue weighted by atomic mass is 79.9. The van der Waals surface area contributed by atoms with Crippen molar-refractivity contribution in [2.75, 3.05) is 6.61 Å². The van der Waals surface area contributed by atoms with Gasteiger partial charge in [-0.25, -0.2) is 4.79 Å². The van der Waals surface area contributed by atoms with E-state index >= 15 is 0 Å². The normalized spacial score (nSPS) is 18.9. The number of benzene rings is 1. The highest BCUT2D eigenvalue weighted by molar-refractivity contribution is 9.10. The smallest absolute Gasteiger partial charge is 0.347 e. The van der Waals surface area contributed by atoms with Gasteiger partial charge in [-0.2, -0.15) is 0 Å². The Morgan fingerprint density at radius 1 is 1.53 bits per heavy atom. The number of cyclic esters (lactones) is 1. The van der Waals surface area contributed by atoms with Crippen LogP contribution in [0.3, 0.4) is 0 Å². The van der Waals surface area contributed by atoms with Crippen LogP contribution in [0.15, 0.2) is 22.7 Å². The summed E-state index contributed by atoms with van der Waals surface area (Å²) in [5.41, 5.74) is 0.457. The summed E-state index contributed by atoms with van der Waals surface area (Å²) >= 11 is 3.29. The van der Waals surface area contributed by atoms with Crippen LogP contribution >= 0.6 is 15.9 Å². The molecule has 2 rings (SSSR count). The minimum atomic E-state index is -0.603. The average Bonchev–Trinajstić information content (AvgIpc) is 2.67. The lowest BCUT2D eigenvalue weighted by Gasteiger charge is -2.13. The van der Waals surface area contributed by atoms with E-state index in [4.69, 9.17) is 9.47 Å². The van der Waals surface area contributed by atoms with Crippen LogP contribution in [0, 0.1) is 0 Å². The summed E-state index contributed by atoms with van der Waals surface area (Å²) in [6.07, 6.45) is -0.0824. The van der Waals surface area contributed by atoms with Crippen molar-refractivity contribution < 1.29 is 19.1 Å².